The maximum atomic E-state index is 12.1. The Morgan fingerprint density at radius 2 is 1.94 bits per heavy atom. The Morgan fingerprint density at radius 3 is 2.65 bits per heavy atom. The minimum absolute atomic E-state index is 0.259. The fourth-order valence-electron chi connectivity index (χ4n) is 2.30. The lowest BCUT2D eigenvalue weighted by atomic mass is 10.0. The molecule has 0 radical (unpaired) electrons. The molecule has 94 valence electrons. The van der Waals surface area contributed by atoms with Gasteiger partial charge >= 0.3 is 0 Å². The van der Waals surface area contributed by atoms with E-state index in [2.05, 4.69) is 6.07 Å². The van der Waals surface area contributed by atoms with Gasteiger partial charge in [0, 0.05) is 13.1 Å². The van der Waals surface area contributed by atoms with Crippen molar-refractivity contribution in [2.24, 2.45) is 0 Å². The lowest BCUT2D eigenvalue weighted by Crippen LogP contribution is -2.32. The lowest BCUT2D eigenvalue weighted by Gasteiger charge is -2.20. The lowest BCUT2D eigenvalue weighted by molar-refractivity contribution is 0.410. The van der Waals surface area contributed by atoms with Crippen LogP contribution in [0.3, 0.4) is 0 Å². The summed E-state index contributed by atoms with van der Waals surface area (Å²) in [6.07, 6.45) is 2.58. The van der Waals surface area contributed by atoms with E-state index in [-0.39, 0.29) is 5.75 Å². The van der Waals surface area contributed by atoms with Gasteiger partial charge in [0.25, 0.3) is 0 Å². The first-order chi connectivity index (χ1) is 8.13. The average molecular weight is 253 g/mol. The van der Waals surface area contributed by atoms with Gasteiger partial charge in [0.2, 0.25) is 10.0 Å². The maximum absolute atomic E-state index is 12.1. The van der Waals surface area contributed by atoms with Crippen molar-refractivity contribution in [3.05, 3.63) is 35.4 Å². The molecule has 0 fully saturated rings. The third-order valence-corrected chi connectivity index (χ3v) is 5.20. The molecule has 1 aliphatic rings. The van der Waals surface area contributed by atoms with Crippen LogP contribution in [-0.2, 0) is 23.0 Å². The molecule has 0 aromatic heterocycles. The number of rotatable bonds is 3. The van der Waals surface area contributed by atoms with Crippen LogP contribution < -0.4 is 0 Å². The van der Waals surface area contributed by atoms with Crippen LogP contribution in [0, 0.1) is 0 Å². The number of aryl methyl sites for hydroxylation is 1. The second kappa shape index (κ2) is 5.19. The zero-order valence-electron chi connectivity index (χ0n) is 10.2. The minimum atomic E-state index is -3.07. The number of hydrogen-bond acceptors (Lipinski definition) is 2. The smallest absolute Gasteiger partial charge is 0.212 e. The topological polar surface area (TPSA) is 37.4 Å². The molecule has 0 saturated heterocycles. The zero-order chi connectivity index (χ0) is 12.3. The van der Waals surface area contributed by atoms with Gasteiger partial charge in [-0.25, -0.2) is 8.42 Å². The first kappa shape index (κ1) is 12.6. The molecular formula is C13H19NO2S. The van der Waals surface area contributed by atoms with E-state index in [1.54, 1.807) is 4.31 Å². The van der Waals surface area contributed by atoms with Crippen molar-refractivity contribution < 1.29 is 8.42 Å². The van der Waals surface area contributed by atoms with Gasteiger partial charge in [0.1, 0.15) is 0 Å². The molecule has 17 heavy (non-hydrogen) atoms. The monoisotopic (exact) mass is 253 g/mol. The Morgan fingerprint density at radius 1 is 1.24 bits per heavy atom. The van der Waals surface area contributed by atoms with Gasteiger partial charge in [0.05, 0.1) is 5.75 Å². The highest BCUT2D eigenvalue weighted by Gasteiger charge is 2.23. The van der Waals surface area contributed by atoms with Crippen LogP contribution in [0.25, 0.3) is 0 Å². The van der Waals surface area contributed by atoms with Crippen molar-refractivity contribution in [3.8, 4) is 0 Å². The molecule has 2 rings (SSSR count). The highest BCUT2D eigenvalue weighted by molar-refractivity contribution is 7.89. The van der Waals surface area contributed by atoms with Gasteiger partial charge in [-0.05, 0) is 30.4 Å². The quantitative estimate of drug-likeness (QED) is 0.828. The number of fused-ring (bicyclic) bond motifs is 1. The molecule has 1 aliphatic heterocycles. The third kappa shape index (κ3) is 2.87. The summed E-state index contributed by atoms with van der Waals surface area (Å²) in [7, 11) is -3.07. The van der Waals surface area contributed by atoms with Crippen LogP contribution >= 0.6 is 0 Å². The SMILES string of the molecule is CCCS(=O)(=O)N1CCCc2ccccc2C1. The molecule has 0 amide bonds. The molecule has 0 aliphatic carbocycles. The van der Waals surface area contributed by atoms with Crippen molar-refractivity contribution in [2.75, 3.05) is 12.3 Å². The van der Waals surface area contributed by atoms with Crippen LogP contribution in [-0.4, -0.2) is 25.0 Å². The molecule has 0 atom stereocenters. The van der Waals surface area contributed by atoms with Crippen LogP contribution in [0.4, 0.5) is 0 Å². The highest BCUT2D eigenvalue weighted by Crippen LogP contribution is 2.20. The van der Waals surface area contributed by atoms with Gasteiger partial charge in [0.15, 0.2) is 0 Å². The molecular weight excluding hydrogens is 234 g/mol. The number of hydrogen-bond donors (Lipinski definition) is 0. The van der Waals surface area contributed by atoms with E-state index >= 15 is 0 Å². The first-order valence-electron chi connectivity index (χ1n) is 6.18. The fourth-order valence-corrected chi connectivity index (χ4v) is 3.81. The molecule has 0 unspecified atom stereocenters. The Balaban J connectivity index is 2.24. The summed E-state index contributed by atoms with van der Waals surface area (Å²) < 4.78 is 25.8. The maximum Gasteiger partial charge on any atom is 0.214 e. The molecule has 1 heterocycles. The average Bonchev–Trinajstić information content (AvgIpc) is 2.51. The molecule has 0 saturated carbocycles. The molecule has 1 aromatic carbocycles. The summed E-state index contributed by atoms with van der Waals surface area (Å²) in [6.45, 7) is 3.10. The van der Waals surface area contributed by atoms with E-state index in [0.29, 0.717) is 19.5 Å². The predicted octanol–water partition coefficient (Wildman–Crippen LogP) is 2.17. The summed E-state index contributed by atoms with van der Waals surface area (Å²) in [6, 6.07) is 8.14. The third-order valence-electron chi connectivity index (χ3n) is 3.17. The summed E-state index contributed by atoms with van der Waals surface area (Å²) >= 11 is 0. The van der Waals surface area contributed by atoms with Crippen molar-refractivity contribution >= 4 is 10.0 Å². The summed E-state index contributed by atoms with van der Waals surface area (Å²) in [4.78, 5) is 0. The van der Waals surface area contributed by atoms with E-state index in [4.69, 9.17) is 0 Å². The Labute approximate surface area is 104 Å². The summed E-state index contributed by atoms with van der Waals surface area (Å²) in [5, 5.41) is 0. The zero-order valence-corrected chi connectivity index (χ0v) is 11.0. The number of nitrogens with zero attached hydrogens (tertiary/aromatic N) is 1. The van der Waals surface area contributed by atoms with Crippen LogP contribution in [0.15, 0.2) is 24.3 Å². The molecule has 1 aromatic rings. The Bertz CT molecular complexity index is 482. The Hall–Kier alpha value is -0.870. The Kier molecular flexibility index (Phi) is 3.84. The van der Waals surface area contributed by atoms with E-state index in [0.717, 1.165) is 18.4 Å². The number of sulfonamides is 1. The summed E-state index contributed by atoms with van der Waals surface area (Å²) in [5.41, 5.74) is 2.45. The largest absolute Gasteiger partial charge is 0.214 e. The predicted molar refractivity (Wildman–Crippen MR) is 69.3 cm³/mol. The van der Waals surface area contributed by atoms with Crippen molar-refractivity contribution in [1.29, 1.82) is 0 Å². The van der Waals surface area contributed by atoms with Gasteiger partial charge in [-0.1, -0.05) is 31.2 Å². The second-order valence-corrected chi connectivity index (χ2v) is 6.61. The van der Waals surface area contributed by atoms with Gasteiger partial charge < -0.3 is 0 Å². The van der Waals surface area contributed by atoms with E-state index in [1.165, 1.54) is 5.56 Å². The van der Waals surface area contributed by atoms with Crippen molar-refractivity contribution in [3.63, 3.8) is 0 Å². The standard InChI is InChI=1S/C13H19NO2S/c1-2-10-17(15,16)14-9-5-8-12-6-3-4-7-13(12)11-14/h3-4,6-7H,2,5,8-11H2,1H3. The van der Waals surface area contributed by atoms with Crippen molar-refractivity contribution in [1.82, 2.24) is 4.31 Å². The first-order valence-corrected chi connectivity index (χ1v) is 7.79. The van der Waals surface area contributed by atoms with Gasteiger partial charge in [-0.2, -0.15) is 4.31 Å². The summed E-state index contributed by atoms with van der Waals surface area (Å²) in [5.74, 6) is 0.259. The molecule has 0 bridgehead atoms. The van der Waals surface area contributed by atoms with Gasteiger partial charge in [-0.3, -0.25) is 0 Å². The van der Waals surface area contributed by atoms with Crippen LogP contribution in [0.1, 0.15) is 30.9 Å². The van der Waals surface area contributed by atoms with E-state index in [1.807, 2.05) is 25.1 Å². The van der Waals surface area contributed by atoms with Gasteiger partial charge in [-0.15, -0.1) is 0 Å². The van der Waals surface area contributed by atoms with E-state index in [9.17, 15) is 8.42 Å². The minimum Gasteiger partial charge on any atom is -0.212 e. The van der Waals surface area contributed by atoms with Crippen LogP contribution in [0.5, 0.6) is 0 Å². The molecule has 0 spiro atoms. The highest BCUT2D eigenvalue weighted by atomic mass is 32.2. The van der Waals surface area contributed by atoms with Crippen molar-refractivity contribution in [2.45, 2.75) is 32.7 Å². The second-order valence-electron chi connectivity index (χ2n) is 4.52. The molecule has 4 heteroatoms. The van der Waals surface area contributed by atoms with Crippen LogP contribution in [0.2, 0.25) is 0 Å². The van der Waals surface area contributed by atoms with E-state index < -0.39 is 10.0 Å². The molecule has 3 nitrogen and oxygen atoms in total. The fraction of sp³-hybridized carbons (Fsp3) is 0.538. The normalized spacial score (nSPS) is 17.5. The molecule has 0 N–H and O–H groups in total. The number of benzene rings is 1.